The van der Waals surface area contributed by atoms with Gasteiger partial charge in [0.2, 0.25) is 0 Å². The molecule has 0 aliphatic rings. The highest BCUT2D eigenvalue weighted by Crippen LogP contribution is 2.30. The molecule has 2 aromatic heterocycles. The summed E-state index contributed by atoms with van der Waals surface area (Å²) in [7, 11) is 0. The summed E-state index contributed by atoms with van der Waals surface area (Å²) in [5, 5.41) is 2.51. The quantitative estimate of drug-likeness (QED) is 0.261. The number of para-hydroxylation sites is 1. The van der Waals surface area contributed by atoms with Crippen molar-refractivity contribution in [3.8, 4) is 22.5 Å². The van der Waals surface area contributed by atoms with Crippen molar-refractivity contribution in [2.24, 2.45) is 0 Å². The van der Waals surface area contributed by atoms with Crippen LogP contribution < -0.4 is 0 Å². The molecule has 0 unspecified atom stereocenters. The summed E-state index contributed by atoms with van der Waals surface area (Å²) in [4.78, 5) is 0. The number of nitrogens with zero attached hydrogens (tertiary/aromatic N) is 2. The van der Waals surface area contributed by atoms with E-state index in [1.165, 1.54) is 49.9 Å². The second-order valence-electron chi connectivity index (χ2n) is 10.0. The molecule has 0 saturated heterocycles. The molecule has 4 aromatic carbocycles. The lowest BCUT2D eigenvalue weighted by Crippen LogP contribution is -2.10. The Morgan fingerprint density at radius 3 is 1.74 bits per heavy atom. The minimum Gasteiger partial charge on any atom is -0.317 e. The normalized spacial score (nSPS) is 12.0. The van der Waals surface area contributed by atoms with Crippen LogP contribution in [0.3, 0.4) is 0 Å². The second kappa shape index (κ2) is 7.78. The minimum atomic E-state index is 0.163. The molecule has 6 rings (SSSR count). The van der Waals surface area contributed by atoms with E-state index >= 15 is 0 Å². The van der Waals surface area contributed by atoms with Crippen LogP contribution in [-0.2, 0) is 5.41 Å². The summed E-state index contributed by atoms with van der Waals surface area (Å²) < 4.78 is 4.51. The summed E-state index contributed by atoms with van der Waals surface area (Å²) in [6.45, 7) is 6.76. The van der Waals surface area contributed by atoms with Gasteiger partial charge in [-0.3, -0.25) is 0 Å². The molecule has 6 aromatic rings. The van der Waals surface area contributed by atoms with E-state index in [0.717, 1.165) is 0 Å². The SMILES string of the molecule is CC(C)(C)c1ccc(-n2ccc3cc(-c4ccc(-n5ccc6ccccc65)cc4)ccc32)cc1. The summed E-state index contributed by atoms with van der Waals surface area (Å²) in [6, 6.07) is 37.4. The zero-order chi connectivity index (χ0) is 23.3. The van der Waals surface area contributed by atoms with Gasteiger partial charge in [-0.15, -0.1) is 0 Å². The van der Waals surface area contributed by atoms with Crippen LogP contribution in [0.2, 0.25) is 0 Å². The molecule has 0 fully saturated rings. The van der Waals surface area contributed by atoms with Gasteiger partial charge in [0, 0.05) is 29.2 Å². The first-order chi connectivity index (χ1) is 16.5. The average Bonchev–Trinajstić information content (AvgIpc) is 3.48. The van der Waals surface area contributed by atoms with Crippen molar-refractivity contribution in [1.82, 2.24) is 9.13 Å². The van der Waals surface area contributed by atoms with Crippen molar-refractivity contribution >= 4 is 21.8 Å². The van der Waals surface area contributed by atoms with Crippen molar-refractivity contribution in [3.05, 3.63) is 121 Å². The molecule has 0 saturated carbocycles. The zero-order valence-corrected chi connectivity index (χ0v) is 19.9. The van der Waals surface area contributed by atoms with Crippen LogP contribution in [0.1, 0.15) is 26.3 Å². The van der Waals surface area contributed by atoms with Gasteiger partial charge in [0.15, 0.2) is 0 Å². The highest BCUT2D eigenvalue weighted by atomic mass is 15.0. The van der Waals surface area contributed by atoms with E-state index in [4.69, 9.17) is 0 Å². The highest BCUT2D eigenvalue weighted by Gasteiger charge is 2.13. The number of rotatable bonds is 3. The lowest BCUT2D eigenvalue weighted by molar-refractivity contribution is 0.590. The van der Waals surface area contributed by atoms with E-state index in [9.17, 15) is 0 Å². The predicted octanol–water partition coefficient (Wildman–Crippen LogP) is 8.54. The first-order valence-corrected chi connectivity index (χ1v) is 11.9. The molecule has 0 aliphatic heterocycles. The third-order valence-electron chi connectivity index (χ3n) is 6.78. The largest absolute Gasteiger partial charge is 0.317 e. The van der Waals surface area contributed by atoms with Crippen LogP contribution in [0.5, 0.6) is 0 Å². The number of hydrogen-bond donors (Lipinski definition) is 0. The molecule has 0 radical (unpaired) electrons. The number of hydrogen-bond acceptors (Lipinski definition) is 0. The Bertz CT molecular complexity index is 1600. The van der Waals surface area contributed by atoms with Crippen LogP contribution >= 0.6 is 0 Å². The van der Waals surface area contributed by atoms with Crippen molar-refractivity contribution in [2.45, 2.75) is 26.2 Å². The van der Waals surface area contributed by atoms with Crippen molar-refractivity contribution in [1.29, 1.82) is 0 Å². The van der Waals surface area contributed by atoms with Gasteiger partial charge in [-0.2, -0.15) is 0 Å². The molecule has 0 atom stereocenters. The Hall–Kier alpha value is -4.04. The molecule has 166 valence electrons. The smallest absolute Gasteiger partial charge is 0.0528 e. The molecule has 0 spiro atoms. The topological polar surface area (TPSA) is 9.86 Å². The fraction of sp³-hybridized carbons (Fsp3) is 0.125. The number of aromatic nitrogens is 2. The Kier molecular flexibility index (Phi) is 4.70. The third kappa shape index (κ3) is 3.52. The number of fused-ring (bicyclic) bond motifs is 2. The minimum absolute atomic E-state index is 0.163. The van der Waals surface area contributed by atoms with Gasteiger partial charge < -0.3 is 9.13 Å². The molecule has 2 heteroatoms. The van der Waals surface area contributed by atoms with Crippen LogP contribution in [0.25, 0.3) is 44.3 Å². The first kappa shape index (κ1) is 20.6. The molecule has 2 heterocycles. The first-order valence-electron chi connectivity index (χ1n) is 11.9. The molecular weight excluding hydrogens is 412 g/mol. The molecule has 34 heavy (non-hydrogen) atoms. The van der Waals surface area contributed by atoms with E-state index in [1.54, 1.807) is 0 Å². The summed E-state index contributed by atoms with van der Waals surface area (Å²) in [6.07, 6.45) is 4.31. The predicted molar refractivity (Wildman–Crippen MR) is 144 cm³/mol. The van der Waals surface area contributed by atoms with Gasteiger partial charge in [0.05, 0.1) is 11.0 Å². The van der Waals surface area contributed by atoms with E-state index in [-0.39, 0.29) is 5.41 Å². The standard InChI is InChI=1S/C32H28N2/c1-32(2,3)27-11-15-29(16-12-27)34-21-19-26-22-25(10-17-31(26)34)23-8-13-28(14-9-23)33-20-18-24-6-4-5-7-30(24)33/h4-22H,1-3H3. The Labute approximate surface area is 200 Å². The summed E-state index contributed by atoms with van der Waals surface area (Å²) >= 11 is 0. The fourth-order valence-electron chi connectivity index (χ4n) is 4.79. The van der Waals surface area contributed by atoms with Crippen LogP contribution in [0.4, 0.5) is 0 Å². The maximum Gasteiger partial charge on any atom is 0.0528 e. The van der Waals surface area contributed by atoms with E-state index in [2.05, 4.69) is 145 Å². The van der Waals surface area contributed by atoms with Crippen LogP contribution in [0.15, 0.2) is 116 Å². The van der Waals surface area contributed by atoms with E-state index < -0.39 is 0 Å². The molecule has 0 N–H and O–H groups in total. The van der Waals surface area contributed by atoms with Gasteiger partial charge >= 0.3 is 0 Å². The Morgan fingerprint density at radius 2 is 1.06 bits per heavy atom. The van der Waals surface area contributed by atoms with Gasteiger partial charge in [0.25, 0.3) is 0 Å². The molecule has 2 nitrogen and oxygen atoms in total. The van der Waals surface area contributed by atoms with Crippen LogP contribution in [0, 0.1) is 0 Å². The lowest BCUT2D eigenvalue weighted by atomic mass is 9.87. The average molecular weight is 441 g/mol. The van der Waals surface area contributed by atoms with Crippen molar-refractivity contribution in [3.63, 3.8) is 0 Å². The Morgan fingerprint density at radius 1 is 0.500 bits per heavy atom. The summed E-state index contributed by atoms with van der Waals surface area (Å²) in [5.41, 5.74) is 8.80. The lowest BCUT2D eigenvalue weighted by Gasteiger charge is -2.19. The van der Waals surface area contributed by atoms with Gasteiger partial charge in [0.1, 0.15) is 0 Å². The van der Waals surface area contributed by atoms with Gasteiger partial charge in [-0.1, -0.05) is 69.3 Å². The highest BCUT2D eigenvalue weighted by molar-refractivity contribution is 5.87. The Balaban J connectivity index is 1.31. The zero-order valence-electron chi connectivity index (χ0n) is 19.9. The third-order valence-corrected chi connectivity index (χ3v) is 6.78. The van der Waals surface area contributed by atoms with Gasteiger partial charge in [-0.05, 0) is 82.1 Å². The van der Waals surface area contributed by atoms with E-state index in [1.807, 2.05) is 0 Å². The molecule has 0 amide bonds. The summed E-state index contributed by atoms with van der Waals surface area (Å²) in [5.74, 6) is 0. The molecule has 0 aliphatic carbocycles. The van der Waals surface area contributed by atoms with Crippen molar-refractivity contribution in [2.75, 3.05) is 0 Å². The second-order valence-corrected chi connectivity index (χ2v) is 10.0. The van der Waals surface area contributed by atoms with Gasteiger partial charge in [-0.25, -0.2) is 0 Å². The fourth-order valence-corrected chi connectivity index (χ4v) is 4.79. The maximum atomic E-state index is 2.29. The number of benzene rings is 4. The monoisotopic (exact) mass is 440 g/mol. The molecular formula is C32H28N2. The maximum absolute atomic E-state index is 2.29. The van der Waals surface area contributed by atoms with E-state index in [0.29, 0.717) is 0 Å². The molecule has 0 bridgehead atoms. The van der Waals surface area contributed by atoms with Crippen LogP contribution in [-0.4, -0.2) is 9.13 Å². The van der Waals surface area contributed by atoms with Crippen molar-refractivity contribution < 1.29 is 0 Å².